The zero-order valence-electron chi connectivity index (χ0n) is 20.0. The Morgan fingerprint density at radius 1 is 0.917 bits per heavy atom. The Hall–Kier alpha value is -4.83. The summed E-state index contributed by atoms with van der Waals surface area (Å²) in [6, 6.07) is 27.4. The van der Waals surface area contributed by atoms with E-state index in [2.05, 4.69) is 10.3 Å². The van der Waals surface area contributed by atoms with E-state index >= 15 is 0 Å². The lowest BCUT2D eigenvalue weighted by Gasteiger charge is -2.11. The molecule has 0 saturated carbocycles. The molecule has 7 nitrogen and oxygen atoms in total. The Morgan fingerprint density at radius 2 is 1.69 bits per heavy atom. The van der Waals surface area contributed by atoms with Crippen molar-refractivity contribution in [2.24, 2.45) is 0 Å². The molecule has 0 unspecified atom stereocenters. The van der Waals surface area contributed by atoms with Gasteiger partial charge in [-0.05, 0) is 60.2 Å². The van der Waals surface area contributed by atoms with Gasteiger partial charge < -0.3 is 19.5 Å². The SMILES string of the molecule is COc1ccc(CCOc2cccc(-c3cccc(NC(=O)c4ccc(C#N)cc4)c3)n2)cc1OC. The third-order valence-electron chi connectivity index (χ3n) is 5.50. The van der Waals surface area contributed by atoms with E-state index in [1.165, 1.54) is 0 Å². The maximum Gasteiger partial charge on any atom is 0.255 e. The van der Waals surface area contributed by atoms with Crippen molar-refractivity contribution in [1.29, 1.82) is 5.26 Å². The number of rotatable bonds is 9. The summed E-state index contributed by atoms with van der Waals surface area (Å²) in [5, 5.41) is 11.8. The fourth-order valence-electron chi connectivity index (χ4n) is 3.62. The molecule has 1 N–H and O–H groups in total. The molecule has 3 aromatic carbocycles. The van der Waals surface area contributed by atoms with Gasteiger partial charge in [-0.25, -0.2) is 4.98 Å². The minimum Gasteiger partial charge on any atom is -0.493 e. The molecule has 0 fully saturated rings. The highest BCUT2D eigenvalue weighted by atomic mass is 16.5. The number of ether oxygens (including phenoxy) is 3. The normalized spacial score (nSPS) is 10.2. The molecule has 0 bridgehead atoms. The van der Waals surface area contributed by atoms with Crippen molar-refractivity contribution in [3.05, 3.63) is 102 Å². The summed E-state index contributed by atoms with van der Waals surface area (Å²) in [5.74, 6) is 1.63. The number of hydrogen-bond acceptors (Lipinski definition) is 6. The molecule has 0 aliphatic heterocycles. The molecule has 0 aliphatic rings. The summed E-state index contributed by atoms with van der Waals surface area (Å²) in [6.45, 7) is 0.451. The first-order valence-electron chi connectivity index (χ1n) is 11.3. The molecule has 0 radical (unpaired) electrons. The second kappa shape index (κ2) is 11.5. The zero-order valence-corrected chi connectivity index (χ0v) is 20.0. The molecule has 1 amide bonds. The molecule has 1 aromatic heterocycles. The van der Waals surface area contributed by atoms with E-state index < -0.39 is 0 Å². The first-order valence-corrected chi connectivity index (χ1v) is 11.3. The summed E-state index contributed by atoms with van der Waals surface area (Å²) in [6.07, 6.45) is 0.684. The highest BCUT2D eigenvalue weighted by Crippen LogP contribution is 2.28. The van der Waals surface area contributed by atoms with Crippen LogP contribution in [0.15, 0.2) is 84.9 Å². The summed E-state index contributed by atoms with van der Waals surface area (Å²) in [7, 11) is 3.22. The summed E-state index contributed by atoms with van der Waals surface area (Å²) >= 11 is 0. The lowest BCUT2D eigenvalue weighted by Crippen LogP contribution is -2.11. The lowest BCUT2D eigenvalue weighted by atomic mass is 10.1. The van der Waals surface area contributed by atoms with Gasteiger partial charge in [0.2, 0.25) is 5.88 Å². The Kier molecular flexibility index (Phi) is 7.79. The van der Waals surface area contributed by atoms with Crippen LogP contribution in [0.1, 0.15) is 21.5 Å². The van der Waals surface area contributed by atoms with E-state index in [-0.39, 0.29) is 5.91 Å². The van der Waals surface area contributed by atoms with E-state index in [9.17, 15) is 4.79 Å². The maximum absolute atomic E-state index is 12.6. The number of carbonyl (C=O) groups is 1. The predicted molar refractivity (Wildman–Crippen MR) is 138 cm³/mol. The molecule has 4 aromatic rings. The monoisotopic (exact) mass is 479 g/mol. The van der Waals surface area contributed by atoms with Crippen LogP contribution in [-0.4, -0.2) is 31.7 Å². The highest BCUT2D eigenvalue weighted by molar-refractivity contribution is 6.04. The number of carbonyl (C=O) groups excluding carboxylic acids is 1. The summed E-state index contributed by atoms with van der Waals surface area (Å²) in [5.41, 5.74) is 4.26. The standard InChI is InChI=1S/C29H25N3O4/c1-34-26-14-11-20(17-27(26)35-2)15-16-36-28-8-4-7-25(32-28)23-5-3-6-24(18-23)31-29(33)22-12-9-21(19-30)10-13-22/h3-14,17-18H,15-16H2,1-2H3,(H,31,33). The molecule has 0 saturated heterocycles. The first kappa shape index (κ1) is 24.3. The van der Waals surface area contributed by atoms with Crippen molar-refractivity contribution >= 4 is 11.6 Å². The van der Waals surface area contributed by atoms with Gasteiger partial charge in [-0.1, -0.05) is 24.3 Å². The maximum atomic E-state index is 12.6. The number of nitriles is 1. The average Bonchev–Trinajstić information content (AvgIpc) is 2.93. The molecule has 7 heteroatoms. The Morgan fingerprint density at radius 3 is 2.44 bits per heavy atom. The van der Waals surface area contributed by atoms with Crippen molar-refractivity contribution in [3.8, 4) is 34.7 Å². The smallest absolute Gasteiger partial charge is 0.255 e. The molecule has 36 heavy (non-hydrogen) atoms. The Labute approximate surface area is 209 Å². The number of methoxy groups -OCH3 is 2. The van der Waals surface area contributed by atoms with Gasteiger partial charge in [-0.2, -0.15) is 5.26 Å². The van der Waals surface area contributed by atoms with Gasteiger partial charge in [0.15, 0.2) is 11.5 Å². The number of amides is 1. The average molecular weight is 480 g/mol. The van der Waals surface area contributed by atoms with Crippen molar-refractivity contribution in [2.75, 3.05) is 26.1 Å². The van der Waals surface area contributed by atoms with Crippen molar-refractivity contribution in [3.63, 3.8) is 0 Å². The second-order valence-corrected chi connectivity index (χ2v) is 7.87. The van der Waals surface area contributed by atoms with Gasteiger partial charge in [0.1, 0.15) is 0 Å². The summed E-state index contributed by atoms with van der Waals surface area (Å²) in [4.78, 5) is 17.2. The molecule has 0 spiro atoms. The van der Waals surface area contributed by atoms with Crippen LogP contribution < -0.4 is 19.5 Å². The number of aromatic nitrogens is 1. The van der Waals surface area contributed by atoms with Gasteiger partial charge in [-0.15, -0.1) is 0 Å². The molecule has 180 valence electrons. The molecule has 4 rings (SSSR count). The number of benzene rings is 3. The van der Waals surface area contributed by atoms with Crippen molar-refractivity contribution in [2.45, 2.75) is 6.42 Å². The first-order chi connectivity index (χ1) is 17.6. The van der Waals surface area contributed by atoms with Gasteiger partial charge >= 0.3 is 0 Å². The van der Waals surface area contributed by atoms with E-state index in [0.29, 0.717) is 47.2 Å². The van der Waals surface area contributed by atoms with Crippen molar-refractivity contribution < 1.29 is 19.0 Å². The van der Waals surface area contributed by atoms with Gasteiger partial charge in [0, 0.05) is 29.3 Å². The van der Waals surface area contributed by atoms with E-state index in [4.69, 9.17) is 19.5 Å². The zero-order chi connectivity index (χ0) is 25.3. The van der Waals surface area contributed by atoms with Crippen LogP contribution in [0.2, 0.25) is 0 Å². The minimum absolute atomic E-state index is 0.253. The quantitative estimate of drug-likeness (QED) is 0.340. The van der Waals surface area contributed by atoms with Crippen LogP contribution in [0, 0.1) is 11.3 Å². The lowest BCUT2D eigenvalue weighted by molar-refractivity contribution is 0.102. The van der Waals surface area contributed by atoms with Crippen LogP contribution >= 0.6 is 0 Å². The second-order valence-electron chi connectivity index (χ2n) is 7.87. The molecular weight excluding hydrogens is 454 g/mol. The van der Waals surface area contributed by atoms with E-state index in [0.717, 1.165) is 16.8 Å². The fourth-order valence-corrected chi connectivity index (χ4v) is 3.62. The van der Waals surface area contributed by atoms with Crippen LogP contribution in [0.4, 0.5) is 5.69 Å². The Bertz CT molecular complexity index is 1390. The topological polar surface area (TPSA) is 93.5 Å². The van der Waals surface area contributed by atoms with Crippen molar-refractivity contribution in [1.82, 2.24) is 4.98 Å². The number of anilines is 1. The molecule has 1 heterocycles. The third kappa shape index (κ3) is 5.99. The largest absolute Gasteiger partial charge is 0.493 e. The number of nitrogens with one attached hydrogen (secondary N) is 1. The van der Waals surface area contributed by atoms with Gasteiger partial charge in [0.05, 0.1) is 38.2 Å². The third-order valence-corrected chi connectivity index (χ3v) is 5.50. The van der Waals surface area contributed by atoms with Crippen LogP contribution in [0.5, 0.6) is 17.4 Å². The number of hydrogen-bond donors (Lipinski definition) is 1. The Balaban J connectivity index is 1.40. The molecule has 0 atom stereocenters. The molecule has 0 aliphatic carbocycles. The van der Waals surface area contributed by atoms with Crippen LogP contribution in [0.3, 0.4) is 0 Å². The molecular formula is C29H25N3O4. The van der Waals surface area contributed by atoms with Crippen LogP contribution in [0.25, 0.3) is 11.3 Å². The van der Waals surface area contributed by atoms with Crippen LogP contribution in [-0.2, 0) is 6.42 Å². The highest BCUT2D eigenvalue weighted by Gasteiger charge is 2.09. The van der Waals surface area contributed by atoms with Gasteiger partial charge in [0.25, 0.3) is 5.91 Å². The number of pyridine rings is 1. The minimum atomic E-state index is -0.253. The van der Waals surface area contributed by atoms with E-state index in [1.807, 2.05) is 66.7 Å². The summed E-state index contributed by atoms with van der Waals surface area (Å²) < 4.78 is 16.5. The van der Waals surface area contributed by atoms with E-state index in [1.54, 1.807) is 38.5 Å². The number of nitrogens with zero attached hydrogens (tertiary/aromatic N) is 2. The predicted octanol–water partition coefficient (Wildman–Crippen LogP) is 5.51. The fraction of sp³-hybridized carbons (Fsp3) is 0.138. The van der Waals surface area contributed by atoms with Gasteiger partial charge in [-0.3, -0.25) is 4.79 Å².